The number of benzene rings is 2. The van der Waals surface area contributed by atoms with Crippen LogP contribution in [0.1, 0.15) is 16.0 Å². The van der Waals surface area contributed by atoms with E-state index in [1.165, 1.54) is 23.5 Å². The largest absolute Gasteiger partial charge is 0.416 e. The predicted molar refractivity (Wildman–Crippen MR) is 110 cm³/mol. The molecular weight excluding hydrogens is 413 g/mol. The van der Waals surface area contributed by atoms with E-state index < -0.39 is 23.6 Å². The number of halogens is 3. The molecule has 1 aromatic heterocycles. The third kappa shape index (κ3) is 3.61. The number of amides is 2. The fourth-order valence-electron chi connectivity index (χ4n) is 3.21. The number of carbonyl (C=O) groups is 2. The SMILES string of the molecule is Cc1cccc(N2C(=O)C(Nc3cccc(C(F)(F)F)c3)=C(c3cccs3)C2=O)c1. The van der Waals surface area contributed by atoms with Crippen LogP contribution in [-0.2, 0) is 15.8 Å². The van der Waals surface area contributed by atoms with Gasteiger partial charge in [0.1, 0.15) is 5.70 Å². The number of rotatable bonds is 4. The van der Waals surface area contributed by atoms with Crippen LogP contribution in [0, 0.1) is 6.92 Å². The second-order valence-electron chi connectivity index (χ2n) is 6.72. The Hall–Kier alpha value is -3.39. The fraction of sp³-hybridized carbons (Fsp3) is 0.0909. The topological polar surface area (TPSA) is 49.4 Å². The molecule has 0 saturated carbocycles. The van der Waals surface area contributed by atoms with Gasteiger partial charge in [-0.1, -0.05) is 24.3 Å². The van der Waals surface area contributed by atoms with Gasteiger partial charge in [-0.05, 0) is 54.3 Å². The molecule has 0 atom stereocenters. The van der Waals surface area contributed by atoms with Crippen molar-refractivity contribution < 1.29 is 22.8 Å². The summed E-state index contributed by atoms with van der Waals surface area (Å²) in [6.07, 6.45) is -4.52. The zero-order valence-corrected chi connectivity index (χ0v) is 16.5. The van der Waals surface area contributed by atoms with Crippen LogP contribution in [0.15, 0.2) is 71.7 Å². The van der Waals surface area contributed by atoms with Crippen molar-refractivity contribution in [3.8, 4) is 0 Å². The zero-order valence-electron chi connectivity index (χ0n) is 15.7. The molecular formula is C22H15F3N2O2S. The van der Waals surface area contributed by atoms with Crippen molar-refractivity contribution in [1.29, 1.82) is 0 Å². The van der Waals surface area contributed by atoms with E-state index in [1.807, 2.05) is 13.0 Å². The molecule has 0 aliphatic carbocycles. The van der Waals surface area contributed by atoms with Crippen LogP contribution >= 0.6 is 11.3 Å². The van der Waals surface area contributed by atoms with Crippen molar-refractivity contribution in [2.24, 2.45) is 0 Å². The summed E-state index contributed by atoms with van der Waals surface area (Å²) in [6.45, 7) is 1.84. The molecule has 0 saturated heterocycles. The Morgan fingerprint density at radius 1 is 0.933 bits per heavy atom. The number of alkyl halides is 3. The Bertz CT molecular complexity index is 1170. The third-order valence-corrected chi connectivity index (χ3v) is 5.46. The average molecular weight is 428 g/mol. The van der Waals surface area contributed by atoms with Gasteiger partial charge in [-0.2, -0.15) is 13.2 Å². The van der Waals surface area contributed by atoms with Crippen LogP contribution in [0.3, 0.4) is 0 Å². The summed E-state index contributed by atoms with van der Waals surface area (Å²) in [4.78, 5) is 28.0. The van der Waals surface area contributed by atoms with E-state index >= 15 is 0 Å². The number of anilines is 2. The number of thiophene rings is 1. The van der Waals surface area contributed by atoms with Gasteiger partial charge in [-0.3, -0.25) is 9.59 Å². The van der Waals surface area contributed by atoms with E-state index in [1.54, 1.807) is 35.7 Å². The lowest BCUT2D eigenvalue weighted by Crippen LogP contribution is -2.32. The maximum Gasteiger partial charge on any atom is 0.416 e. The van der Waals surface area contributed by atoms with Crippen LogP contribution in [0.4, 0.5) is 24.5 Å². The zero-order chi connectivity index (χ0) is 21.5. The van der Waals surface area contributed by atoms with Crippen molar-refractivity contribution in [3.05, 3.63) is 87.7 Å². The summed E-state index contributed by atoms with van der Waals surface area (Å²) in [7, 11) is 0. The summed E-state index contributed by atoms with van der Waals surface area (Å²) in [5, 5.41) is 4.52. The smallest absolute Gasteiger partial charge is 0.350 e. The molecule has 2 aromatic carbocycles. The van der Waals surface area contributed by atoms with Crippen molar-refractivity contribution in [2.75, 3.05) is 10.2 Å². The second-order valence-corrected chi connectivity index (χ2v) is 7.66. The summed E-state index contributed by atoms with van der Waals surface area (Å²) in [6, 6.07) is 14.9. The van der Waals surface area contributed by atoms with Gasteiger partial charge in [0.05, 0.1) is 16.8 Å². The van der Waals surface area contributed by atoms with Crippen LogP contribution in [-0.4, -0.2) is 11.8 Å². The lowest BCUT2D eigenvalue weighted by atomic mass is 10.1. The third-order valence-electron chi connectivity index (χ3n) is 4.57. The molecule has 4 rings (SSSR count). The van der Waals surface area contributed by atoms with Gasteiger partial charge < -0.3 is 5.32 Å². The van der Waals surface area contributed by atoms with E-state index in [9.17, 15) is 22.8 Å². The van der Waals surface area contributed by atoms with Crippen LogP contribution < -0.4 is 10.2 Å². The molecule has 1 aliphatic rings. The molecule has 1 N–H and O–H groups in total. The highest BCUT2D eigenvalue weighted by atomic mass is 32.1. The van der Waals surface area contributed by atoms with Gasteiger partial charge in [-0.25, -0.2) is 4.90 Å². The minimum absolute atomic E-state index is 0.0525. The van der Waals surface area contributed by atoms with Crippen molar-refractivity contribution in [1.82, 2.24) is 0 Å². The van der Waals surface area contributed by atoms with Crippen molar-refractivity contribution in [2.45, 2.75) is 13.1 Å². The molecule has 0 spiro atoms. The quantitative estimate of drug-likeness (QED) is 0.561. The molecule has 2 heterocycles. The van der Waals surface area contributed by atoms with E-state index in [0.29, 0.717) is 10.6 Å². The maximum atomic E-state index is 13.2. The number of carbonyl (C=O) groups excluding carboxylic acids is 2. The highest BCUT2D eigenvalue weighted by Crippen LogP contribution is 2.36. The Kier molecular flexibility index (Phi) is 4.95. The first-order valence-electron chi connectivity index (χ1n) is 8.93. The molecule has 0 fully saturated rings. The van der Waals surface area contributed by atoms with Crippen LogP contribution in [0.2, 0.25) is 0 Å². The van der Waals surface area contributed by atoms with Crippen molar-refractivity contribution >= 4 is 40.1 Å². The van der Waals surface area contributed by atoms with E-state index in [-0.39, 0.29) is 17.0 Å². The summed E-state index contributed by atoms with van der Waals surface area (Å²) in [5.41, 5.74) is 0.571. The minimum Gasteiger partial charge on any atom is -0.350 e. The Morgan fingerprint density at radius 3 is 2.37 bits per heavy atom. The second kappa shape index (κ2) is 7.46. The standard InChI is InChI=1S/C22H15F3N2O2S/c1-13-5-2-8-16(11-13)27-20(28)18(17-9-4-10-30-17)19(21(27)29)26-15-7-3-6-14(12-15)22(23,24)25/h2-12,26H,1H3. The Morgan fingerprint density at radius 2 is 1.70 bits per heavy atom. The first-order valence-corrected chi connectivity index (χ1v) is 9.81. The molecule has 2 amide bonds. The monoisotopic (exact) mass is 428 g/mol. The Balaban J connectivity index is 1.79. The molecule has 0 unspecified atom stereocenters. The van der Waals surface area contributed by atoms with Gasteiger partial charge >= 0.3 is 6.18 Å². The number of hydrogen-bond donors (Lipinski definition) is 1. The predicted octanol–water partition coefficient (Wildman–Crippen LogP) is 5.47. The maximum absolute atomic E-state index is 13.2. The van der Waals surface area contributed by atoms with E-state index in [4.69, 9.17) is 0 Å². The molecule has 152 valence electrons. The number of nitrogens with zero attached hydrogens (tertiary/aromatic N) is 1. The highest BCUT2D eigenvalue weighted by molar-refractivity contribution is 7.11. The van der Waals surface area contributed by atoms with Crippen LogP contribution in [0.25, 0.3) is 5.57 Å². The molecule has 0 radical (unpaired) electrons. The highest BCUT2D eigenvalue weighted by Gasteiger charge is 2.41. The lowest BCUT2D eigenvalue weighted by Gasteiger charge is -2.16. The molecule has 3 aromatic rings. The van der Waals surface area contributed by atoms with E-state index in [0.717, 1.165) is 22.6 Å². The van der Waals surface area contributed by atoms with Gasteiger partial charge in [-0.15, -0.1) is 11.3 Å². The summed E-state index contributed by atoms with van der Waals surface area (Å²) < 4.78 is 39.2. The normalized spacial score (nSPS) is 14.6. The van der Waals surface area contributed by atoms with Gasteiger partial charge in [0.25, 0.3) is 11.8 Å². The molecule has 1 aliphatic heterocycles. The first kappa shape index (κ1) is 19.9. The number of nitrogens with one attached hydrogen (secondary N) is 1. The fourth-order valence-corrected chi connectivity index (χ4v) is 3.98. The average Bonchev–Trinajstić information content (AvgIpc) is 3.28. The number of aryl methyl sites for hydroxylation is 1. The first-order chi connectivity index (χ1) is 14.3. The number of hydrogen-bond acceptors (Lipinski definition) is 4. The van der Waals surface area contributed by atoms with Gasteiger partial charge in [0.2, 0.25) is 0 Å². The van der Waals surface area contributed by atoms with E-state index in [2.05, 4.69) is 5.32 Å². The lowest BCUT2D eigenvalue weighted by molar-refractivity contribution is -0.137. The van der Waals surface area contributed by atoms with Gasteiger partial charge in [0, 0.05) is 10.6 Å². The minimum atomic E-state index is -4.52. The molecule has 0 bridgehead atoms. The number of imide groups is 1. The molecule has 30 heavy (non-hydrogen) atoms. The molecule has 4 nitrogen and oxygen atoms in total. The van der Waals surface area contributed by atoms with Gasteiger partial charge in [0.15, 0.2) is 0 Å². The summed E-state index contributed by atoms with van der Waals surface area (Å²) >= 11 is 1.27. The molecule has 8 heteroatoms. The van der Waals surface area contributed by atoms with Crippen molar-refractivity contribution in [3.63, 3.8) is 0 Å². The van der Waals surface area contributed by atoms with Crippen LogP contribution in [0.5, 0.6) is 0 Å². The summed E-state index contributed by atoms with van der Waals surface area (Å²) in [5.74, 6) is -1.14. The Labute approximate surface area is 174 Å².